The minimum Gasteiger partial charge on any atom is -0.112 e. The molecule has 0 spiro atoms. The highest BCUT2D eigenvalue weighted by atomic mass is 32.2. The summed E-state index contributed by atoms with van der Waals surface area (Å²) in [5.74, 6) is 0.649. The van der Waals surface area contributed by atoms with Crippen molar-refractivity contribution in [3.63, 3.8) is 0 Å². The molecule has 0 saturated heterocycles. The predicted molar refractivity (Wildman–Crippen MR) is 96.1 cm³/mol. The fourth-order valence-corrected chi connectivity index (χ4v) is 4.62. The highest BCUT2D eigenvalue weighted by Gasteiger charge is 2.55. The molecule has 0 aromatic carbocycles. The summed E-state index contributed by atoms with van der Waals surface area (Å²) < 4.78 is 1.16. The van der Waals surface area contributed by atoms with Crippen LogP contribution in [-0.2, 0) is 0 Å². The Morgan fingerprint density at radius 3 is 1.47 bits per heavy atom. The molecule has 0 atom stereocenters. The fraction of sp³-hybridized carbons (Fsp3) is 0.941. The standard InChI is InChI=1S/C17H34S2/c1-12(2)14(4,5)15(6,7)16(8,9)17(10,11)19-13(3)18/h12H,1-11H3. The van der Waals surface area contributed by atoms with Gasteiger partial charge in [0.15, 0.2) is 0 Å². The second kappa shape index (κ2) is 5.67. The molecule has 0 fully saturated rings. The van der Waals surface area contributed by atoms with Crippen LogP contribution < -0.4 is 0 Å². The van der Waals surface area contributed by atoms with E-state index in [1.807, 2.05) is 18.7 Å². The molecule has 0 amide bonds. The summed E-state index contributed by atoms with van der Waals surface area (Å²) in [5, 5.41) is 0. The lowest BCUT2D eigenvalue weighted by molar-refractivity contribution is -0.0639. The van der Waals surface area contributed by atoms with E-state index in [0.717, 1.165) is 4.20 Å². The number of thioether (sulfide) groups is 1. The maximum Gasteiger partial charge on any atom is 0.0452 e. The molecule has 0 bridgehead atoms. The first-order chi connectivity index (χ1) is 8.11. The molecule has 0 aromatic heterocycles. The van der Waals surface area contributed by atoms with E-state index in [4.69, 9.17) is 12.2 Å². The van der Waals surface area contributed by atoms with Gasteiger partial charge in [-0.05, 0) is 42.9 Å². The summed E-state index contributed by atoms with van der Waals surface area (Å²) >= 11 is 7.19. The Bertz CT molecular complexity index is 333. The van der Waals surface area contributed by atoms with Gasteiger partial charge in [0, 0.05) is 8.94 Å². The van der Waals surface area contributed by atoms with Crippen LogP contribution in [0, 0.1) is 22.2 Å². The third-order valence-corrected chi connectivity index (χ3v) is 8.08. The Morgan fingerprint density at radius 2 is 1.21 bits per heavy atom. The Hall–Kier alpha value is 0.440. The first-order valence-electron chi connectivity index (χ1n) is 7.31. The lowest BCUT2D eigenvalue weighted by Crippen LogP contribution is -2.55. The molecular formula is C17H34S2. The average Bonchev–Trinajstić information content (AvgIpc) is 2.14. The zero-order valence-electron chi connectivity index (χ0n) is 14.9. The zero-order valence-corrected chi connectivity index (χ0v) is 16.5. The predicted octanol–water partition coefficient (Wildman–Crippen LogP) is 6.58. The Kier molecular flexibility index (Phi) is 5.81. The molecule has 0 aliphatic rings. The molecule has 0 unspecified atom stereocenters. The van der Waals surface area contributed by atoms with E-state index in [0.29, 0.717) is 5.92 Å². The van der Waals surface area contributed by atoms with Crippen LogP contribution in [0.4, 0.5) is 0 Å². The fourth-order valence-electron chi connectivity index (χ4n) is 2.77. The van der Waals surface area contributed by atoms with E-state index >= 15 is 0 Å². The van der Waals surface area contributed by atoms with Crippen molar-refractivity contribution in [2.45, 2.75) is 80.9 Å². The topological polar surface area (TPSA) is 0 Å². The van der Waals surface area contributed by atoms with Crippen LogP contribution in [-0.4, -0.2) is 8.94 Å². The van der Waals surface area contributed by atoms with Crippen LogP contribution >= 0.6 is 24.0 Å². The van der Waals surface area contributed by atoms with Gasteiger partial charge in [0.2, 0.25) is 0 Å². The summed E-state index contributed by atoms with van der Waals surface area (Å²) in [5.41, 5.74) is 0.637. The van der Waals surface area contributed by atoms with Crippen LogP contribution in [0.1, 0.15) is 76.2 Å². The highest BCUT2D eigenvalue weighted by Crippen LogP contribution is 2.61. The molecule has 0 saturated carbocycles. The molecule has 19 heavy (non-hydrogen) atoms. The maximum absolute atomic E-state index is 5.34. The van der Waals surface area contributed by atoms with Crippen molar-refractivity contribution in [1.82, 2.24) is 0 Å². The summed E-state index contributed by atoms with van der Waals surface area (Å²) in [6.45, 7) is 25.9. The van der Waals surface area contributed by atoms with Crippen LogP contribution in [0.3, 0.4) is 0 Å². The van der Waals surface area contributed by atoms with Gasteiger partial charge >= 0.3 is 0 Å². The first kappa shape index (κ1) is 19.4. The van der Waals surface area contributed by atoms with Gasteiger partial charge in [0.05, 0.1) is 0 Å². The molecule has 0 N–H and O–H groups in total. The van der Waals surface area contributed by atoms with Gasteiger partial charge in [-0.2, -0.15) is 0 Å². The smallest absolute Gasteiger partial charge is 0.0452 e. The Balaban J connectivity index is 5.69. The summed E-state index contributed by atoms with van der Waals surface area (Å²) in [4.78, 5) is 0. The summed E-state index contributed by atoms with van der Waals surface area (Å²) in [6, 6.07) is 0. The van der Waals surface area contributed by atoms with Crippen molar-refractivity contribution in [2.75, 3.05) is 0 Å². The molecule has 0 heterocycles. The van der Waals surface area contributed by atoms with Crippen molar-refractivity contribution >= 4 is 28.2 Å². The van der Waals surface area contributed by atoms with Gasteiger partial charge in [0.25, 0.3) is 0 Å². The highest BCUT2D eigenvalue weighted by molar-refractivity contribution is 8.23. The van der Waals surface area contributed by atoms with Gasteiger partial charge in [0.1, 0.15) is 0 Å². The minimum atomic E-state index is 0.120. The van der Waals surface area contributed by atoms with E-state index in [2.05, 4.69) is 69.2 Å². The van der Waals surface area contributed by atoms with Gasteiger partial charge in [-0.25, -0.2) is 0 Å². The quantitative estimate of drug-likeness (QED) is 0.526. The minimum absolute atomic E-state index is 0.120. The lowest BCUT2D eigenvalue weighted by atomic mass is 9.49. The number of thiocarbonyl (C=S) groups is 1. The summed E-state index contributed by atoms with van der Waals surface area (Å²) in [7, 11) is 0. The van der Waals surface area contributed by atoms with Crippen LogP contribution in [0.15, 0.2) is 0 Å². The molecule has 0 aliphatic carbocycles. The van der Waals surface area contributed by atoms with Crippen LogP contribution in [0.5, 0.6) is 0 Å². The molecule has 0 aromatic rings. The van der Waals surface area contributed by atoms with Crippen molar-refractivity contribution in [3.05, 3.63) is 0 Å². The van der Waals surface area contributed by atoms with E-state index in [1.165, 1.54) is 0 Å². The van der Waals surface area contributed by atoms with Crippen molar-refractivity contribution < 1.29 is 0 Å². The molecule has 2 heteroatoms. The van der Waals surface area contributed by atoms with Crippen molar-refractivity contribution in [3.8, 4) is 0 Å². The van der Waals surface area contributed by atoms with Crippen molar-refractivity contribution in [2.24, 2.45) is 22.2 Å². The second-order valence-electron chi connectivity index (χ2n) is 8.23. The zero-order chi connectivity index (χ0) is 15.9. The van der Waals surface area contributed by atoms with E-state index in [9.17, 15) is 0 Å². The Morgan fingerprint density at radius 1 is 0.842 bits per heavy atom. The summed E-state index contributed by atoms with van der Waals surface area (Å²) in [6.07, 6.45) is 0. The molecule has 114 valence electrons. The van der Waals surface area contributed by atoms with Gasteiger partial charge in [-0.3, -0.25) is 0 Å². The number of hydrogen-bond acceptors (Lipinski definition) is 2. The van der Waals surface area contributed by atoms with Gasteiger partial charge in [-0.1, -0.05) is 67.6 Å². The molecule has 0 aliphatic heterocycles. The number of rotatable bonds is 5. The molecule has 0 nitrogen and oxygen atoms in total. The molecule has 0 rings (SSSR count). The third kappa shape index (κ3) is 3.37. The van der Waals surface area contributed by atoms with E-state index < -0.39 is 0 Å². The molecule has 0 radical (unpaired) electrons. The van der Waals surface area contributed by atoms with Crippen LogP contribution in [0.2, 0.25) is 0 Å². The first-order valence-corrected chi connectivity index (χ1v) is 8.53. The third-order valence-electron chi connectivity index (χ3n) is 6.52. The lowest BCUT2D eigenvalue weighted by Gasteiger charge is -2.59. The monoisotopic (exact) mass is 302 g/mol. The molecular weight excluding hydrogens is 268 g/mol. The SMILES string of the molecule is CC(=S)SC(C)(C)C(C)(C)C(C)(C)C(C)(C)C(C)C. The Labute approximate surface area is 131 Å². The van der Waals surface area contributed by atoms with Gasteiger partial charge in [-0.15, -0.1) is 11.8 Å². The average molecular weight is 303 g/mol. The number of hydrogen-bond donors (Lipinski definition) is 0. The maximum atomic E-state index is 5.34. The van der Waals surface area contributed by atoms with E-state index in [1.54, 1.807) is 0 Å². The normalized spacial score (nSPS) is 14.9. The van der Waals surface area contributed by atoms with Crippen molar-refractivity contribution in [1.29, 1.82) is 0 Å². The van der Waals surface area contributed by atoms with Gasteiger partial charge < -0.3 is 0 Å². The second-order valence-corrected chi connectivity index (χ2v) is 10.9. The van der Waals surface area contributed by atoms with Crippen LogP contribution in [0.25, 0.3) is 0 Å². The van der Waals surface area contributed by atoms with E-state index in [-0.39, 0.29) is 21.0 Å². The largest absolute Gasteiger partial charge is 0.112 e.